The first-order valence-corrected chi connectivity index (χ1v) is 9.64. The van der Waals surface area contributed by atoms with E-state index < -0.39 is 0 Å². The van der Waals surface area contributed by atoms with Gasteiger partial charge in [0.05, 0.1) is 24.5 Å². The summed E-state index contributed by atoms with van der Waals surface area (Å²) in [7, 11) is 1.61. The fraction of sp³-hybridized carbons (Fsp3) is 0.120. The molecule has 0 radical (unpaired) electrons. The second kappa shape index (κ2) is 7.19. The van der Waals surface area contributed by atoms with Crippen LogP contribution in [0.3, 0.4) is 0 Å². The predicted molar refractivity (Wildman–Crippen MR) is 113 cm³/mol. The highest BCUT2D eigenvalue weighted by molar-refractivity contribution is 5.90. The van der Waals surface area contributed by atoms with E-state index in [9.17, 15) is 9.59 Å². The van der Waals surface area contributed by atoms with Gasteiger partial charge in [-0.15, -0.1) is 0 Å². The third-order valence-corrected chi connectivity index (χ3v) is 5.49. The molecule has 148 valence electrons. The molecule has 0 bridgehead atoms. The van der Waals surface area contributed by atoms with Crippen molar-refractivity contribution >= 4 is 16.9 Å². The molecule has 5 heteroatoms. The third-order valence-electron chi connectivity index (χ3n) is 5.49. The highest BCUT2D eigenvalue weighted by Gasteiger charge is 2.32. The zero-order valence-corrected chi connectivity index (χ0v) is 16.3. The molecule has 0 aliphatic carbocycles. The van der Waals surface area contributed by atoms with Crippen LogP contribution in [0.5, 0.6) is 11.5 Å². The summed E-state index contributed by atoms with van der Waals surface area (Å²) in [6.07, 6.45) is 1.66. The van der Waals surface area contributed by atoms with Crippen LogP contribution < -0.4 is 14.9 Å². The second-order valence-electron chi connectivity index (χ2n) is 7.20. The summed E-state index contributed by atoms with van der Waals surface area (Å²) in [6, 6.07) is 20.3. The molecule has 0 saturated carbocycles. The van der Waals surface area contributed by atoms with Crippen LogP contribution in [0.1, 0.15) is 23.5 Å². The van der Waals surface area contributed by atoms with Crippen molar-refractivity contribution in [3.63, 3.8) is 0 Å². The smallest absolute Gasteiger partial charge is 0.312 e. The third kappa shape index (κ3) is 2.95. The lowest BCUT2D eigenvalue weighted by atomic mass is 9.85. The van der Waals surface area contributed by atoms with Crippen LogP contribution in [-0.4, -0.2) is 13.1 Å². The molecule has 0 fully saturated rings. The van der Waals surface area contributed by atoms with Gasteiger partial charge in [0.2, 0.25) is 5.43 Å². The fourth-order valence-corrected chi connectivity index (χ4v) is 3.99. The normalized spacial score (nSPS) is 15.5. The average Bonchev–Trinajstić information content (AvgIpc) is 2.79. The minimum absolute atomic E-state index is 0.115. The molecule has 1 aliphatic heterocycles. The minimum atomic E-state index is -0.314. The summed E-state index contributed by atoms with van der Waals surface area (Å²) >= 11 is 0. The van der Waals surface area contributed by atoms with Crippen molar-refractivity contribution in [3.8, 4) is 22.6 Å². The van der Waals surface area contributed by atoms with Crippen molar-refractivity contribution in [3.05, 3.63) is 94.3 Å². The summed E-state index contributed by atoms with van der Waals surface area (Å²) in [6.45, 7) is 0. The quantitative estimate of drug-likeness (QED) is 0.362. The number of benzene rings is 3. The number of methoxy groups -OCH3 is 1. The Bertz CT molecular complexity index is 1300. The van der Waals surface area contributed by atoms with Gasteiger partial charge in [-0.1, -0.05) is 42.5 Å². The van der Waals surface area contributed by atoms with E-state index in [1.165, 1.54) is 6.26 Å². The molecular formula is C25H18O5. The SMILES string of the molecule is COc1ccc([C@H]2CC(=O)Oc3ccc4c(=O)c(-c5ccccc5)coc4c32)cc1. The van der Waals surface area contributed by atoms with Gasteiger partial charge in [0.25, 0.3) is 0 Å². The number of esters is 1. The minimum Gasteiger partial charge on any atom is -0.497 e. The summed E-state index contributed by atoms with van der Waals surface area (Å²) in [5.41, 5.74) is 3.27. The van der Waals surface area contributed by atoms with Gasteiger partial charge in [0.1, 0.15) is 23.3 Å². The maximum Gasteiger partial charge on any atom is 0.312 e. The number of carbonyl (C=O) groups excluding carboxylic acids is 1. The van der Waals surface area contributed by atoms with E-state index in [2.05, 4.69) is 0 Å². The van der Waals surface area contributed by atoms with Crippen molar-refractivity contribution in [1.82, 2.24) is 0 Å². The van der Waals surface area contributed by atoms with Gasteiger partial charge in [-0.3, -0.25) is 9.59 Å². The Hall–Kier alpha value is -3.86. The second-order valence-corrected chi connectivity index (χ2v) is 7.20. The Balaban J connectivity index is 1.71. The number of fused-ring (bicyclic) bond motifs is 3. The highest BCUT2D eigenvalue weighted by atomic mass is 16.5. The maximum atomic E-state index is 13.2. The van der Waals surface area contributed by atoms with Gasteiger partial charge in [0.15, 0.2) is 0 Å². The molecular weight excluding hydrogens is 380 g/mol. The summed E-state index contributed by atoms with van der Waals surface area (Å²) in [5.74, 6) is 0.567. The topological polar surface area (TPSA) is 65.7 Å². The lowest BCUT2D eigenvalue weighted by Gasteiger charge is -2.25. The van der Waals surface area contributed by atoms with Crippen molar-refractivity contribution in [2.24, 2.45) is 0 Å². The molecule has 3 aromatic carbocycles. The molecule has 4 aromatic rings. The van der Waals surface area contributed by atoms with Gasteiger partial charge < -0.3 is 13.9 Å². The molecule has 1 atom stereocenters. The number of hydrogen-bond donors (Lipinski definition) is 0. The highest BCUT2D eigenvalue weighted by Crippen LogP contribution is 2.43. The standard InChI is InChI=1S/C25H18O5/c1-28-17-9-7-16(8-10-17)19-13-22(26)30-21-12-11-18-24(27)20(14-29-25(18)23(19)21)15-5-3-2-4-6-15/h2-12,14,19H,13H2,1H3/t19-/m1/s1. The zero-order valence-electron chi connectivity index (χ0n) is 16.3. The molecule has 5 rings (SSSR count). The maximum absolute atomic E-state index is 13.2. The Kier molecular flexibility index (Phi) is 4.36. The Morgan fingerprint density at radius 2 is 1.70 bits per heavy atom. The number of rotatable bonds is 3. The summed E-state index contributed by atoms with van der Waals surface area (Å²) in [4.78, 5) is 25.5. The van der Waals surface area contributed by atoms with Crippen molar-refractivity contribution in [1.29, 1.82) is 0 Å². The molecule has 5 nitrogen and oxygen atoms in total. The molecule has 1 aliphatic rings. The molecule has 0 amide bonds. The molecule has 30 heavy (non-hydrogen) atoms. The average molecular weight is 398 g/mol. The molecule has 0 spiro atoms. The lowest BCUT2D eigenvalue weighted by Crippen LogP contribution is -2.22. The molecule has 1 aromatic heterocycles. The van der Waals surface area contributed by atoms with E-state index in [0.29, 0.717) is 27.8 Å². The van der Waals surface area contributed by atoms with E-state index in [0.717, 1.165) is 16.9 Å². The van der Waals surface area contributed by atoms with Crippen molar-refractivity contribution < 1.29 is 18.7 Å². The van der Waals surface area contributed by atoms with Crippen LogP contribution in [0.25, 0.3) is 22.1 Å². The predicted octanol–water partition coefficient (Wildman–Crippen LogP) is 4.91. The van der Waals surface area contributed by atoms with Crippen LogP contribution in [0.4, 0.5) is 0 Å². The fourth-order valence-electron chi connectivity index (χ4n) is 3.99. The van der Waals surface area contributed by atoms with Gasteiger partial charge in [-0.25, -0.2) is 0 Å². The first-order valence-electron chi connectivity index (χ1n) is 9.64. The van der Waals surface area contributed by atoms with E-state index in [1.807, 2.05) is 54.6 Å². The summed E-state index contributed by atoms with van der Waals surface area (Å²) < 4.78 is 16.7. The van der Waals surface area contributed by atoms with Gasteiger partial charge in [-0.05, 0) is 35.4 Å². The van der Waals surface area contributed by atoms with Crippen LogP contribution >= 0.6 is 0 Å². The van der Waals surface area contributed by atoms with E-state index in [1.54, 1.807) is 19.2 Å². The first kappa shape index (κ1) is 18.2. The van der Waals surface area contributed by atoms with Crippen LogP contribution in [-0.2, 0) is 4.79 Å². The number of hydrogen-bond acceptors (Lipinski definition) is 5. The lowest BCUT2D eigenvalue weighted by molar-refractivity contribution is -0.135. The van der Waals surface area contributed by atoms with Gasteiger partial charge in [0, 0.05) is 11.5 Å². The molecule has 0 unspecified atom stereocenters. The van der Waals surface area contributed by atoms with Crippen LogP contribution in [0, 0.1) is 0 Å². The van der Waals surface area contributed by atoms with E-state index in [-0.39, 0.29) is 23.7 Å². The number of ether oxygens (including phenoxy) is 2. The van der Waals surface area contributed by atoms with E-state index in [4.69, 9.17) is 13.9 Å². The Labute approximate surface area is 172 Å². The molecule has 0 N–H and O–H groups in total. The van der Waals surface area contributed by atoms with Crippen LogP contribution in [0.15, 0.2) is 82.2 Å². The van der Waals surface area contributed by atoms with Gasteiger partial charge >= 0.3 is 5.97 Å². The Morgan fingerprint density at radius 3 is 2.43 bits per heavy atom. The zero-order chi connectivity index (χ0) is 20.7. The molecule has 0 saturated heterocycles. The van der Waals surface area contributed by atoms with E-state index >= 15 is 0 Å². The van der Waals surface area contributed by atoms with Crippen LogP contribution in [0.2, 0.25) is 0 Å². The van der Waals surface area contributed by atoms with Crippen molar-refractivity contribution in [2.75, 3.05) is 7.11 Å². The van der Waals surface area contributed by atoms with Gasteiger partial charge in [-0.2, -0.15) is 0 Å². The number of carbonyl (C=O) groups is 1. The molecule has 2 heterocycles. The Morgan fingerprint density at radius 1 is 0.933 bits per heavy atom. The monoisotopic (exact) mass is 398 g/mol. The largest absolute Gasteiger partial charge is 0.497 e. The van der Waals surface area contributed by atoms with Crippen molar-refractivity contribution in [2.45, 2.75) is 12.3 Å². The first-order chi connectivity index (χ1) is 14.7. The summed E-state index contributed by atoms with van der Waals surface area (Å²) in [5, 5.41) is 0.464.